The third-order valence-corrected chi connectivity index (χ3v) is 4.71. The van der Waals surface area contributed by atoms with Crippen LogP contribution in [0.2, 0.25) is 0 Å². The molecule has 0 bridgehead atoms. The Balaban J connectivity index is 1.91. The molecule has 2 rings (SSSR count). The first-order valence-corrected chi connectivity index (χ1v) is 8.26. The monoisotopic (exact) mass is 297 g/mol. The summed E-state index contributed by atoms with van der Waals surface area (Å²) in [5.74, 6) is -0.189. The SMILES string of the molecule is O=C(O)CCN(C(=O)CC1CCCCC1)C1CCOCC1. The number of hydrogen-bond donors (Lipinski definition) is 1. The molecular formula is C16H27NO4. The summed E-state index contributed by atoms with van der Waals surface area (Å²) >= 11 is 0. The highest BCUT2D eigenvalue weighted by molar-refractivity contribution is 5.77. The minimum absolute atomic E-state index is 0.0355. The lowest BCUT2D eigenvalue weighted by Crippen LogP contribution is -2.45. The first-order valence-electron chi connectivity index (χ1n) is 8.26. The van der Waals surface area contributed by atoms with E-state index in [1.165, 1.54) is 19.3 Å². The van der Waals surface area contributed by atoms with E-state index in [1.807, 2.05) is 4.90 Å². The van der Waals surface area contributed by atoms with Crippen LogP contribution in [0.15, 0.2) is 0 Å². The Labute approximate surface area is 126 Å². The van der Waals surface area contributed by atoms with E-state index in [-0.39, 0.29) is 18.4 Å². The quantitative estimate of drug-likeness (QED) is 0.817. The molecule has 0 aromatic heterocycles. The van der Waals surface area contributed by atoms with Gasteiger partial charge in [0.2, 0.25) is 5.91 Å². The number of carboxylic acid groups (broad SMARTS) is 1. The number of carbonyl (C=O) groups excluding carboxylic acids is 1. The number of amides is 1. The largest absolute Gasteiger partial charge is 0.481 e. The second-order valence-electron chi connectivity index (χ2n) is 6.28. The standard InChI is InChI=1S/C16H27NO4/c18-15(12-13-4-2-1-3-5-13)17(9-6-16(19)20)14-7-10-21-11-8-14/h13-14H,1-12H2,(H,19,20). The van der Waals surface area contributed by atoms with Crippen molar-refractivity contribution in [1.29, 1.82) is 0 Å². The Kier molecular flexibility index (Phi) is 6.49. The van der Waals surface area contributed by atoms with E-state index in [9.17, 15) is 9.59 Å². The second-order valence-corrected chi connectivity index (χ2v) is 6.28. The Morgan fingerprint density at radius 1 is 1.05 bits per heavy atom. The number of hydrogen-bond acceptors (Lipinski definition) is 3. The van der Waals surface area contributed by atoms with Gasteiger partial charge in [-0.15, -0.1) is 0 Å². The maximum absolute atomic E-state index is 12.6. The molecule has 2 fully saturated rings. The van der Waals surface area contributed by atoms with Crippen LogP contribution in [0.3, 0.4) is 0 Å². The fraction of sp³-hybridized carbons (Fsp3) is 0.875. The van der Waals surface area contributed by atoms with E-state index in [2.05, 4.69) is 0 Å². The number of aliphatic carboxylic acids is 1. The molecule has 0 unspecified atom stereocenters. The lowest BCUT2D eigenvalue weighted by molar-refractivity contribution is -0.140. The van der Waals surface area contributed by atoms with Gasteiger partial charge in [0, 0.05) is 32.2 Å². The van der Waals surface area contributed by atoms with Gasteiger partial charge < -0.3 is 14.7 Å². The van der Waals surface area contributed by atoms with Crippen molar-refractivity contribution in [3.05, 3.63) is 0 Å². The molecule has 0 radical (unpaired) electrons. The molecule has 0 spiro atoms. The summed E-state index contributed by atoms with van der Waals surface area (Å²) < 4.78 is 5.35. The van der Waals surface area contributed by atoms with E-state index < -0.39 is 5.97 Å². The normalized spacial score (nSPS) is 21.1. The molecule has 1 aliphatic heterocycles. The Morgan fingerprint density at radius 2 is 1.71 bits per heavy atom. The van der Waals surface area contributed by atoms with Crippen molar-refractivity contribution in [2.45, 2.75) is 63.8 Å². The van der Waals surface area contributed by atoms with Gasteiger partial charge in [0.15, 0.2) is 0 Å². The molecule has 0 atom stereocenters. The topological polar surface area (TPSA) is 66.8 Å². The molecule has 1 heterocycles. The van der Waals surface area contributed by atoms with Crippen molar-refractivity contribution >= 4 is 11.9 Å². The van der Waals surface area contributed by atoms with Crippen LogP contribution in [0.1, 0.15) is 57.8 Å². The highest BCUT2D eigenvalue weighted by Crippen LogP contribution is 2.28. The molecule has 1 aliphatic carbocycles. The Hall–Kier alpha value is -1.10. The minimum atomic E-state index is -0.836. The number of carbonyl (C=O) groups is 2. The average Bonchev–Trinajstić information content (AvgIpc) is 2.49. The average molecular weight is 297 g/mol. The summed E-state index contributed by atoms with van der Waals surface area (Å²) in [5.41, 5.74) is 0. The lowest BCUT2D eigenvalue weighted by atomic mass is 9.86. The Bertz CT molecular complexity index is 346. The summed E-state index contributed by atoms with van der Waals surface area (Å²) in [4.78, 5) is 25.3. The molecule has 1 amide bonds. The van der Waals surface area contributed by atoms with E-state index in [0.717, 1.165) is 25.7 Å². The van der Waals surface area contributed by atoms with Crippen LogP contribution in [0, 0.1) is 5.92 Å². The van der Waals surface area contributed by atoms with Crippen LogP contribution >= 0.6 is 0 Å². The van der Waals surface area contributed by atoms with Crippen LogP contribution < -0.4 is 0 Å². The summed E-state index contributed by atoms with van der Waals surface area (Å²) in [5, 5.41) is 8.90. The molecule has 1 saturated heterocycles. The molecule has 0 aromatic rings. The van der Waals surface area contributed by atoms with Crippen molar-refractivity contribution in [2.75, 3.05) is 19.8 Å². The van der Waals surface area contributed by atoms with E-state index in [4.69, 9.17) is 9.84 Å². The van der Waals surface area contributed by atoms with Gasteiger partial charge in [-0.3, -0.25) is 9.59 Å². The van der Waals surface area contributed by atoms with Crippen LogP contribution in [-0.2, 0) is 14.3 Å². The molecule has 1 saturated carbocycles. The third kappa shape index (κ3) is 5.30. The highest BCUT2D eigenvalue weighted by Gasteiger charge is 2.28. The predicted octanol–water partition coefficient (Wildman–Crippen LogP) is 2.44. The van der Waals surface area contributed by atoms with Gasteiger partial charge in [0.1, 0.15) is 0 Å². The minimum Gasteiger partial charge on any atom is -0.481 e. The van der Waals surface area contributed by atoms with Gasteiger partial charge in [0.05, 0.1) is 6.42 Å². The summed E-state index contributed by atoms with van der Waals surface area (Å²) in [6.07, 6.45) is 8.32. The van der Waals surface area contributed by atoms with Crippen molar-refractivity contribution < 1.29 is 19.4 Å². The van der Waals surface area contributed by atoms with Crippen LogP contribution in [0.4, 0.5) is 0 Å². The zero-order valence-corrected chi connectivity index (χ0v) is 12.8. The molecule has 1 N–H and O–H groups in total. The van der Waals surface area contributed by atoms with Gasteiger partial charge in [-0.25, -0.2) is 0 Å². The van der Waals surface area contributed by atoms with E-state index in [1.54, 1.807) is 0 Å². The Morgan fingerprint density at radius 3 is 2.33 bits per heavy atom. The number of carboxylic acids is 1. The van der Waals surface area contributed by atoms with Crippen LogP contribution in [0.5, 0.6) is 0 Å². The summed E-state index contributed by atoms with van der Waals surface area (Å²) in [6.45, 7) is 1.68. The molecule has 120 valence electrons. The molecule has 5 heteroatoms. The van der Waals surface area contributed by atoms with Crippen molar-refractivity contribution in [3.8, 4) is 0 Å². The van der Waals surface area contributed by atoms with Crippen molar-refractivity contribution in [3.63, 3.8) is 0 Å². The van der Waals surface area contributed by atoms with Crippen LogP contribution in [0.25, 0.3) is 0 Å². The zero-order chi connectivity index (χ0) is 15.1. The third-order valence-electron chi connectivity index (χ3n) is 4.71. The first-order chi connectivity index (χ1) is 10.2. The number of rotatable bonds is 6. The highest BCUT2D eigenvalue weighted by atomic mass is 16.5. The summed E-state index contributed by atoms with van der Waals surface area (Å²) in [7, 11) is 0. The van der Waals surface area contributed by atoms with E-state index in [0.29, 0.717) is 32.1 Å². The maximum atomic E-state index is 12.6. The lowest BCUT2D eigenvalue weighted by Gasteiger charge is -2.35. The molecular weight excluding hydrogens is 270 g/mol. The molecule has 0 aromatic carbocycles. The van der Waals surface area contributed by atoms with Gasteiger partial charge in [-0.2, -0.15) is 0 Å². The van der Waals surface area contributed by atoms with Gasteiger partial charge in [0.25, 0.3) is 0 Å². The number of nitrogens with zero attached hydrogens (tertiary/aromatic N) is 1. The van der Waals surface area contributed by atoms with Crippen LogP contribution in [-0.4, -0.2) is 47.7 Å². The van der Waals surface area contributed by atoms with Gasteiger partial charge >= 0.3 is 5.97 Å². The predicted molar refractivity (Wildman–Crippen MR) is 79.0 cm³/mol. The fourth-order valence-corrected chi connectivity index (χ4v) is 3.48. The smallest absolute Gasteiger partial charge is 0.305 e. The van der Waals surface area contributed by atoms with E-state index >= 15 is 0 Å². The number of ether oxygens (including phenoxy) is 1. The molecule has 2 aliphatic rings. The van der Waals surface area contributed by atoms with Crippen molar-refractivity contribution in [2.24, 2.45) is 5.92 Å². The maximum Gasteiger partial charge on any atom is 0.305 e. The second kappa shape index (κ2) is 8.37. The first kappa shape index (κ1) is 16.3. The summed E-state index contributed by atoms with van der Waals surface area (Å²) in [6, 6.07) is 0.161. The fourth-order valence-electron chi connectivity index (χ4n) is 3.48. The van der Waals surface area contributed by atoms with Gasteiger partial charge in [-0.1, -0.05) is 19.3 Å². The molecule has 21 heavy (non-hydrogen) atoms. The van der Waals surface area contributed by atoms with Crippen molar-refractivity contribution in [1.82, 2.24) is 4.90 Å². The van der Waals surface area contributed by atoms with Gasteiger partial charge in [-0.05, 0) is 31.6 Å². The zero-order valence-electron chi connectivity index (χ0n) is 12.8. The molecule has 5 nitrogen and oxygen atoms in total.